The Morgan fingerprint density at radius 3 is 2.47 bits per heavy atom. The van der Waals surface area contributed by atoms with Gasteiger partial charge in [0.05, 0.1) is 0 Å². The molecule has 0 unspecified atom stereocenters. The first-order valence-corrected chi connectivity index (χ1v) is 7.66. The number of para-hydroxylation sites is 1. The molecule has 2 aromatic rings. The van der Waals surface area contributed by atoms with E-state index in [2.05, 4.69) is 61.0 Å². The van der Waals surface area contributed by atoms with Gasteiger partial charge in [0, 0.05) is 10.9 Å². The molecule has 0 heterocycles. The molecule has 0 bridgehead atoms. The second-order valence-corrected chi connectivity index (χ2v) is 5.58. The Labute approximate surface area is 123 Å². The van der Waals surface area contributed by atoms with Crippen LogP contribution in [-0.2, 0) is 5.33 Å². The molecule has 0 spiro atoms. The van der Waals surface area contributed by atoms with Gasteiger partial charge in [-0.1, -0.05) is 60.1 Å². The summed E-state index contributed by atoms with van der Waals surface area (Å²) in [7, 11) is 0. The zero-order valence-corrected chi connectivity index (χ0v) is 13.2. The van der Waals surface area contributed by atoms with Gasteiger partial charge in [0.1, 0.15) is 11.5 Å². The van der Waals surface area contributed by atoms with E-state index >= 15 is 0 Å². The highest BCUT2D eigenvalue weighted by molar-refractivity contribution is 9.08. The van der Waals surface area contributed by atoms with Gasteiger partial charge in [-0.25, -0.2) is 0 Å². The lowest BCUT2D eigenvalue weighted by Gasteiger charge is -2.14. The van der Waals surface area contributed by atoms with Crippen LogP contribution in [-0.4, -0.2) is 0 Å². The Morgan fingerprint density at radius 2 is 1.79 bits per heavy atom. The van der Waals surface area contributed by atoms with Crippen LogP contribution in [0.25, 0.3) is 0 Å². The predicted octanol–water partition coefficient (Wildman–Crippen LogP) is 5.81. The Bertz CT molecular complexity index is 561. The molecule has 0 aliphatic rings. The zero-order chi connectivity index (χ0) is 13.8. The van der Waals surface area contributed by atoms with Crippen LogP contribution in [0.1, 0.15) is 36.5 Å². The first-order chi connectivity index (χ1) is 9.11. The van der Waals surface area contributed by atoms with Gasteiger partial charge in [-0.05, 0) is 36.1 Å². The van der Waals surface area contributed by atoms with Gasteiger partial charge in [0.2, 0.25) is 0 Å². The van der Waals surface area contributed by atoms with Crippen molar-refractivity contribution in [3.05, 3.63) is 59.2 Å². The molecule has 2 aromatic carbocycles. The minimum atomic E-state index is 0.509. The molecule has 0 atom stereocenters. The van der Waals surface area contributed by atoms with Crippen molar-refractivity contribution in [3.63, 3.8) is 0 Å². The van der Waals surface area contributed by atoms with Crippen LogP contribution in [0.5, 0.6) is 11.5 Å². The summed E-state index contributed by atoms with van der Waals surface area (Å²) < 4.78 is 6.09. The van der Waals surface area contributed by atoms with Crippen LogP contribution in [0.15, 0.2) is 42.5 Å². The van der Waals surface area contributed by atoms with Crippen molar-refractivity contribution in [3.8, 4) is 11.5 Å². The smallest absolute Gasteiger partial charge is 0.131 e. The maximum Gasteiger partial charge on any atom is 0.131 e. The molecule has 19 heavy (non-hydrogen) atoms. The SMILES string of the molecule is Cc1ccc(C(C)C)cc1Oc1ccccc1CBr. The van der Waals surface area contributed by atoms with Crippen LogP contribution < -0.4 is 4.74 Å². The average molecular weight is 319 g/mol. The van der Waals surface area contributed by atoms with Gasteiger partial charge < -0.3 is 4.74 Å². The summed E-state index contributed by atoms with van der Waals surface area (Å²) in [4.78, 5) is 0. The number of rotatable bonds is 4. The number of aryl methyl sites for hydroxylation is 1. The van der Waals surface area contributed by atoms with Gasteiger partial charge in [-0.2, -0.15) is 0 Å². The Kier molecular flexibility index (Phi) is 4.65. The third-order valence-corrected chi connectivity index (χ3v) is 3.82. The maximum absolute atomic E-state index is 6.09. The second kappa shape index (κ2) is 6.25. The topological polar surface area (TPSA) is 9.23 Å². The van der Waals surface area contributed by atoms with E-state index in [0.717, 1.165) is 28.0 Å². The summed E-state index contributed by atoms with van der Waals surface area (Å²) in [6.07, 6.45) is 0. The minimum Gasteiger partial charge on any atom is -0.457 e. The molecule has 0 aliphatic carbocycles. The standard InChI is InChI=1S/C17H19BrO/c1-12(2)14-9-8-13(3)17(10-14)19-16-7-5-4-6-15(16)11-18/h4-10,12H,11H2,1-3H3. The molecule has 2 rings (SSSR count). The average Bonchev–Trinajstić information content (AvgIpc) is 2.41. The van der Waals surface area contributed by atoms with Crippen molar-refractivity contribution in [2.24, 2.45) is 0 Å². The number of alkyl halides is 1. The van der Waals surface area contributed by atoms with Gasteiger partial charge in [0.15, 0.2) is 0 Å². The highest BCUT2D eigenvalue weighted by Crippen LogP contribution is 2.31. The summed E-state index contributed by atoms with van der Waals surface area (Å²) in [5.74, 6) is 2.37. The van der Waals surface area contributed by atoms with Crippen LogP contribution >= 0.6 is 15.9 Å². The first kappa shape index (κ1) is 14.1. The van der Waals surface area contributed by atoms with Crippen molar-refractivity contribution in [2.75, 3.05) is 0 Å². The number of hydrogen-bond donors (Lipinski definition) is 0. The van der Waals surface area contributed by atoms with Crippen LogP contribution in [0, 0.1) is 6.92 Å². The summed E-state index contributed by atoms with van der Waals surface area (Å²) in [6.45, 7) is 6.47. The molecule has 0 N–H and O–H groups in total. The lowest BCUT2D eigenvalue weighted by molar-refractivity contribution is 0.474. The molecule has 0 saturated carbocycles. The maximum atomic E-state index is 6.09. The van der Waals surface area contributed by atoms with Gasteiger partial charge in [-0.3, -0.25) is 0 Å². The van der Waals surface area contributed by atoms with Crippen molar-refractivity contribution in [2.45, 2.75) is 32.0 Å². The van der Waals surface area contributed by atoms with E-state index in [1.54, 1.807) is 0 Å². The normalized spacial score (nSPS) is 10.8. The number of benzene rings is 2. The van der Waals surface area contributed by atoms with Crippen molar-refractivity contribution >= 4 is 15.9 Å². The minimum absolute atomic E-state index is 0.509. The van der Waals surface area contributed by atoms with Gasteiger partial charge in [-0.15, -0.1) is 0 Å². The summed E-state index contributed by atoms with van der Waals surface area (Å²) in [5.41, 5.74) is 3.63. The molecule has 0 saturated heterocycles. The van der Waals surface area contributed by atoms with Crippen molar-refractivity contribution in [1.82, 2.24) is 0 Å². The fourth-order valence-electron chi connectivity index (χ4n) is 1.92. The summed E-state index contributed by atoms with van der Waals surface area (Å²) in [5, 5.41) is 0.798. The van der Waals surface area contributed by atoms with E-state index in [0.29, 0.717) is 5.92 Å². The van der Waals surface area contributed by atoms with E-state index in [4.69, 9.17) is 4.74 Å². The molecule has 0 aromatic heterocycles. The largest absolute Gasteiger partial charge is 0.457 e. The lowest BCUT2D eigenvalue weighted by atomic mass is 10.0. The highest BCUT2D eigenvalue weighted by Gasteiger charge is 2.08. The molecule has 0 amide bonds. The third kappa shape index (κ3) is 3.38. The molecular weight excluding hydrogens is 300 g/mol. The molecule has 100 valence electrons. The van der Waals surface area contributed by atoms with E-state index in [-0.39, 0.29) is 0 Å². The molecular formula is C17H19BrO. The fourth-order valence-corrected chi connectivity index (χ4v) is 2.38. The number of ether oxygens (including phenoxy) is 1. The lowest BCUT2D eigenvalue weighted by Crippen LogP contribution is -1.94. The highest BCUT2D eigenvalue weighted by atomic mass is 79.9. The Morgan fingerprint density at radius 1 is 1.05 bits per heavy atom. The van der Waals surface area contributed by atoms with Gasteiger partial charge >= 0.3 is 0 Å². The van der Waals surface area contributed by atoms with Crippen LogP contribution in [0.2, 0.25) is 0 Å². The van der Waals surface area contributed by atoms with E-state index in [9.17, 15) is 0 Å². The van der Waals surface area contributed by atoms with Crippen LogP contribution in [0.3, 0.4) is 0 Å². The molecule has 0 fully saturated rings. The second-order valence-electron chi connectivity index (χ2n) is 5.02. The molecule has 0 radical (unpaired) electrons. The first-order valence-electron chi connectivity index (χ1n) is 6.54. The third-order valence-electron chi connectivity index (χ3n) is 3.22. The number of halogens is 1. The number of hydrogen-bond acceptors (Lipinski definition) is 1. The predicted molar refractivity (Wildman–Crippen MR) is 84.4 cm³/mol. The molecule has 1 nitrogen and oxygen atoms in total. The zero-order valence-electron chi connectivity index (χ0n) is 11.6. The van der Waals surface area contributed by atoms with Crippen molar-refractivity contribution in [1.29, 1.82) is 0 Å². The molecule has 0 aliphatic heterocycles. The Balaban J connectivity index is 2.34. The van der Waals surface area contributed by atoms with E-state index in [1.807, 2.05) is 18.2 Å². The fraction of sp³-hybridized carbons (Fsp3) is 0.294. The van der Waals surface area contributed by atoms with Crippen molar-refractivity contribution < 1.29 is 4.74 Å². The monoisotopic (exact) mass is 318 g/mol. The quantitative estimate of drug-likeness (QED) is 0.647. The summed E-state index contributed by atoms with van der Waals surface area (Å²) >= 11 is 3.50. The van der Waals surface area contributed by atoms with Gasteiger partial charge in [0.25, 0.3) is 0 Å². The Hall–Kier alpha value is -1.28. The van der Waals surface area contributed by atoms with E-state index in [1.165, 1.54) is 5.56 Å². The molecule has 2 heteroatoms. The van der Waals surface area contributed by atoms with E-state index < -0.39 is 0 Å². The van der Waals surface area contributed by atoms with Crippen LogP contribution in [0.4, 0.5) is 0 Å². The summed E-state index contributed by atoms with van der Waals surface area (Å²) in [6, 6.07) is 14.6.